The number of hydrogen-bond acceptors (Lipinski definition) is 4. The monoisotopic (exact) mass is 315 g/mol. The molecule has 0 aliphatic rings. The van der Waals surface area contributed by atoms with E-state index in [1.165, 1.54) is 0 Å². The second-order valence-corrected chi connectivity index (χ2v) is 5.08. The molecule has 0 spiro atoms. The topological polar surface area (TPSA) is 67.8 Å². The first kappa shape index (κ1) is 16.8. The van der Waals surface area contributed by atoms with E-state index >= 15 is 0 Å². The Morgan fingerprint density at radius 3 is 2.52 bits per heavy atom. The van der Waals surface area contributed by atoms with Gasteiger partial charge in [-0.1, -0.05) is 24.3 Å². The molecule has 0 aromatic heterocycles. The summed E-state index contributed by atoms with van der Waals surface area (Å²) in [7, 11) is 3.22. The van der Waals surface area contributed by atoms with E-state index in [1.807, 2.05) is 30.3 Å². The minimum absolute atomic E-state index is 0.339. The lowest BCUT2D eigenvalue weighted by Gasteiger charge is -2.10. The number of carboxylic acids is 1. The van der Waals surface area contributed by atoms with E-state index in [0.29, 0.717) is 23.6 Å². The van der Waals surface area contributed by atoms with Gasteiger partial charge >= 0.3 is 5.97 Å². The number of rotatable bonds is 8. The van der Waals surface area contributed by atoms with Gasteiger partial charge in [-0.2, -0.15) is 0 Å². The summed E-state index contributed by atoms with van der Waals surface area (Å²) in [5.74, 6) is 0.517. The molecule has 0 saturated heterocycles. The first-order valence-electron chi connectivity index (χ1n) is 7.38. The molecule has 0 atom stereocenters. The minimum Gasteiger partial charge on any atom is -0.493 e. The molecule has 5 nitrogen and oxygen atoms in total. The smallest absolute Gasteiger partial charge is 0.336 e. The van der Waals surface area contributed by atoms with Crippen LogP contribution < -0.4 is 14.8 Å². The quantitative estimate of drug-likeness (QED) is 0.733. The predicted octanol–water partition coefficient (Wildman–Crippen LogP) is 2.73. The summed E-state index contributed by atoms with van der Waals surface area (Å²) in [6.07, 6.45) is 0.815. The normalized spacial score (nSPS) is 10.3. The van der Waals surface area contributed by atoms with Crippen molar-refractivity contribution in [3.05, 3.63) is 59.2 Å². The molecule has 0 radical (unpaired) electrons. The van der Waals surface area contributed by atoms with Gasteiger partial charge in [0.05, 0.1) is 19.8 Å². The van der Waals surface area contributed by atoms with Crippen LogP contribution in [-0.4, -0.2) is 31.8 Å². The maximum Gasteiger partial charge on any atom is 0.336 e. The van der Waals surface area contributed by atoms with Crippen LogP contribution in [0.15, 0.2) is 42.5 Å². The third-order valence-electron chi connectivity index (χ3n) is 3.60. The van der Waals surface area contributed by atoms with Gasteiger partial charge in [0.15, 0.2) is 11.5 Å². The van der Waals surface area contributed by atoms with Crippen molar-refractivity contribution in [2.24, 2.45) is 0 Å². The molecular formula is C18H21NO4. The lowest BCUT2D eigenvalue weighted by atomic mass is 10.1. The molecule has 0 aliphatic carbocycles. The van der Waals surface area contributed by atoms with Crippen molar-refractivity contribution < 1.29 is 19.4 Å². The molecule has 2 rings (SSSR count). The Balaban J connectivity index is 1.90. The minimum atomic E-state index is -0.901. The molecule has 5 heteroatoms. The Bertz CT molecular complexity index is 670. The summed E-state index contributed by atoms with van der Waals surface area (Å²) in [4.78, 5) is 11.2. The number of benzene rings is 2. The van der Waals surface area contributed by atoms with Crippen molar-refractivity contribution in [3.63, 3.8) is 0 Å². The van der Waals surface area contributed by atoms with E-state index in [4.69, 9.17) is 14.6 Å². The van der Waals surface area contributed by atoms with Crippen LogP contribution in [0.3, 0.4) is 0 Å². The molecule has 0 aliphatic heterocycles. The van der Waals surface area contributed by atoms with Crippen molar-refractivity contribution in [1.29, 1.82) is 0 Å². The Morgan fingerprint density at radius 1 is 1.09 bits per heavy atom. The Morgan fingerprint density at radius 2 is 1.83 bits per heavy atom. The lowest BCUT2D eigenvalue weighted by molar-refractivity contribution is 0.0695. The SMILES string of the molecule is COc1ccc(CCNCc2ccccc2C(=O)O)cc1OC. The van der Waals surface area contributed by atoms with Gasteiger partial charge in [-0.05, 0) is 42.3 Å². The highest BCUT2D eigenvalue weighted by molar-refractivity contribution is 5.89. The molecule has 0 amide bonds. The Hall–Kier alpha value is -2.53. The van der Waals surface area contributed by atoms with Crippen molar-refractivity contribution >= 4 is 5.97 Å². The number of methoxy groups -OCH3 is 2. The highest BCUT2D eigenvalue weighted by atomic mass is 16.5. The van der Waals surface area contributed by atoms with Gasteiger partial charge in [0.1, 0.15) is 0 Å². The van der Waals surface area contributed by atoms with Crippen molar-refractivity contribution in [2.75, 3.05) is 20.8 Å². The van der Waals surface area contributed by atoms with Gasteiger partial charge in [0.2, 0.25) is 0 Å². The molecule has 0 unspecified atom stereocenters. The molecule has 2 aromatic rings. The number of aromatic carboxylic acids is 1. The lowest BCUT2D eigenvalue weighted by Crippen LogP contribution is -2.18. The van der Waals surface area contributed by atoms with Crippen LogP contribution in [0.1, 0.15) is 21.5 Å². The van der Waals surface area contributed by atoms with E-state index in [1.54, 1.807) is 26.4 Å². The third-order valence-corrected chi connectivity index (χ3v) is 3.60. The molecule has 122 valence electrons. The fourth-order valence-corrected chi connectivity index (χ4v) is 2.38. The summed E-state index contributed by atoms with van der Waals surface area (Å²) in [6.45, 7) is 1.26. The molecule has 2 aromatic carbocycles. The van der Waals surface area contributed by atoms with E-state index in [2.05, 4.69) is 5.32 Å². The van der Waals surface area contributed by atoms with Gasteiger partial charge in [-0.15, -0.1) is 0 Å². The number of ether oxygens (including phenoxy) is 2. The summed E-state index contributed by atoms with van der Waals surface area (Å²) in [5.41, 5.74) is 2.25. The van der Waals surface area contributed by atoms with Gasteiger partial charge in [-0.3, -0.25) is 0 Å². The summed E-state index contributed by atoms with van der Waals surface area (Å²) in [6, 6.07) is 12.8. The zero-order chi connectivity index (χ0) is 16.7. The molecule has 2 N–H and O–H groups in total. The van der Waals surface area contributed by atoms with Crippen LogP contribution >= 0.6 is 0 Å². The van der Waals surface area contributed by atoms with Crippen LogP contribution in [0.5, 0.6) is 11.5 Å². The van der Waals surface area contributed by atoms with Crippen LogP contribution in [0.4, 0.5) is 0 Å². The summed E-state index contributed by atoms with van der Waals surface area (Å²) >= 11 is 0. The van der Waals surface area contributed by atoms with Gasteiger partial charge in [-0.25, -0.2) is 4.79 Å². The molecule has 0 fully saturated rings. The van der Waals surface area contributed by atoms with Crippen molar-refractivity contribution in [3.8, 4) is 11.5 Å². The number of carbonyl (C=O) groups is 1. The summed E-state index contributed by atoms with van der Waals surface area (Å²) in [5, 5.41) is 12.4. The fraction of sp³-hybridized carbons (Fsp3) is 0.278. The predicted molar refractivity (Wildman–Crippen MR) is 88.4 cm³/mol. The first-order chi connectivity index (χ1) is 11.2. The highest BCUT2D eigenvalue weighted by Crippen LogP contribution is 2.27. The molecule has 23 heavy (non-hydrogen) atoms. The van der Waals surface area contributed by atoms with E-state index < -0.39 is 5.97 Å². The average Bonchev–Trinajstić information content (AvgIpc) is 2.58. The van der Waals surface area contributed by atoms with E-state index in [9.17, 15) is 4.79 Å². The maximum absolute atomic E-state index is 11.2. The van der Waals surface area contributed by atoms with Crippen molar-refractivity contribution in [2.45, 2.75) is 13.0 Å². The van der Waals surface area contributed by atoms with Crippen molar-refractivity contribution in [1.82, 2.24) is 5.32 Å². The standard InChI is InChI=1S/C18H21NO4/c1-22-16-8-7-13(11-17(16)23-2)9-10-19-12-14-5-3-4-6-15(14)18(20)21/h3-8,11,19H,9-10,12H2,1-2H3,(H,20,21). The number of nitrogens with one attached hydrogen (secondary N) is 1. The zero-order valence-electron chi connectivity index (χ0n) is 13.3. The molecular weight excluding hydrogens is 294 g/mol. The second kappa shape index (κ2) is 8.19. The maximum atomic E-state index is 11.2. The van der Waals surface area contributed by atoms with Gasteiger partial charge < -0.3 is 19.9 Å². The van der Waals surface area contributed by atoms with E-state index in [-0.39, 0.29) is 0 Å². The van der Waals surface area contributed by atoms with E-state index in [0.717, 1.165) is 24.1 Å². The number of hydrogen-bond donors (Lipinski definition) is 2. The molecule has 0 heterocycles. The number of carboxylic acid groups (broad SMARTS) is 1. The Labute approximate surface area is 135 Å². The zero-order valence-corrected chi connectivity index (χ0v) is 13.3. The van der Waals surface area contributed by atoms with Gasteiger partial charge in [0, 0.05) is 6.54 Å². The fourth-order valence-electron chi connectivity index (χ4n) is 2.38. The average molecular weight is 315 g/mol. The molecule has 0 bridgehead atoms. The largest absolute Gasteiger partial charge is 0.493 e. The Kier molecular flexibility index (Phi) is 6.00. The van der Waals surface area contributed by atoms with Crippen LogP contribution in [0.25, 0.3) is 0 Å². The van der Waals surface area contributed by atoms with Crippen LogP contribution in [0, 0.1) is 0 Å². The second-order valence-electron chi connectivity index (χ2n) is 5.08. The first-order valence-corrected chi connectivity index (χ1v) is 7.38. The van der Waals surface area contributed by atoms with Gasteiger partial charge in [0.25, 0.3) is 0 Å². The summed E-state index contributed by atoms with van der Waals surface area (Å²) < 4.78 is 10.5. The molecule has 0 saturated carbocycles. The third kappa shape index (κ3) is 4.47. The van der Waals surface area contributed by atoms with Crippen LogP contribution in [-0.2, 0) is 13.0 Å². The van der Waals surface area contributed by atoms with Crippen LogP contribution in [0.2, 0.25) is 0 Å². The highest BCUT2D eigenvalue weighted by Gasteiger charge is 2.08.